The van der Waals surface area contributed by atoms with Gasteiger partial charge in [-0.25, -0.2) is 0 Å². The van der Waals surface area contributed by atoms with Crippen molar-refractivity contribution in [1.82, 2.24) is 5.32 Å². The van der Waals surface area contributed by atoms with Crippen molar-refractivity contribution in [3.8, 4) is 0 Å². The molecule has 1 fully saturated rings. The fraction of sp³-hybridized carbons (Fsp3) is 0.583. The quantitative estimate of drug-likeness (QED) is 0.924. The first-order chi connectivity index (χ1) is 8.17. The molecule has 1 saturated carbocycles. The van der Waals surface area contributed by atoms with Crippen LogP contribution >= 0.6 is 27.7 Å². The molecule has 0 unspecified atom stereocenters. The highest BCUT2D eigenvalue weighted by Gasteiger charge is 2.33. The van der Waals surface area contributed by atoms with E-state index in [9.17, 15) is 4.79 Å². The largest absolute Gasteiger partial charge is 0.457 e. The van der Waals surface area contributed by atoms with E-state index in [1.165, 1.54) is 31.9 Å². The molecule has 0 radical (unpaired) electrons. The van der Waals surface area contributed by atoms with E-state index in [0.717, 1.165) is 6.54 Å². The van der Waals surface area contributed by atoms with E-state index in [0.29, 0.717) is 10.2 Å². The van der Waals surface area contributed by atoms with E-state index in [-0.39, 0.29) is 10.7 Å². The Balaban J connectivity index is 1.94. The van der Waals surface area contributed by atoms with Gasteiger partial charge in [0.15, 0.2) is 4.67 Å². The average molecular weight is 318 g/mol. The molecular formula is C12H16BrNO2S. The topological polar surface area (TPSA) is 42.2 Å². The lowest BCUT2D eigenvalue weighted by molar-refractivity contribution is 0.0948. The molecule has 94 valence electrons. The minimum absolute atomic E-state index is 0.0639. The molecule has 1 heterocycles. The molecule has 0 aromatic carbocycles. The molecule has 0 spiro atoms. The second kappa shape index (κ2) is 5.48. The minimum Gasteiger partial charge on any atom is -0.457 e. The Bertz CT molecular complexity index is 399. The number of rotatable bonds is 4. The van der Waals surface area contributed by atoms with E-state index >= 15 is 0 Å². The normalized spacial score (nSPS) is 18.2. The molecular weight excluding hydrogens is 302 g/mol. The standard InChI is InChI=1S/C12H16BrNO2S/c1-17-12(5-2-3-6-12)8-14-11(15)9-4-7-16-10(9)13/h4,7H,2-3,5-6,8H2,1H3,(H,14,15). The van der Waals surface area contributed by atoms with Gasteiger partial charge in [-0.2, -0.15) is 11.8 Å². The summed E-state index contributed by atoms with van der Waals surface area (Å²) in [5.74, 6) is -0.0639. The lowest BCUT2D eigenvalue weighted by Gasteiger charge is -2.26. The molecule has 0 bridgehead atoms. The summed E-state index contributed by atoms with van der Waals surface area (Å²) in [4.78, 5) is 11.9. The van der Waals surface area contributed by atoms with Crippen LogP contribution in [0.4, 0.5) is 0 Å². The van der Waals surface area contributed by atoms with Crippen LogP contribution in [0.25, 0.3) is 0 Å². The SMILES string of the molecule is CSC1(CNC(=O)c2ccoc2Br)CCCC1. The third-order valence-corrected chi connectivity index (χ3v) is 5.41. The number of hydrogen-bond donors (Lipinski definition) is 1. The Kier molecular flexibility index (Phi) is 4.20. The third-order valence-electron chi connectivity index (χ3n) is 3.38. The molecule has 1 aromatic rings. The van der Waals surface area contributed by atoms with Crippen LogP contribution < -0.4 is 5.32 Å². The fourth-order valence-electron chi connectivity index (χ4n) is 2.26. The molecule has 0 aliphatic heterocycles. The summed E-state index contributed by atoms with van der Waals surface area (Å²) in [7, 11) is 0. The summed E-state index contributed by atoms with van der Waals surface area (Å²) in [6.07, 6.45) is 8.57. The first kappa shape index (κ1) is 13.0. The van der Waals surface area contributed by atoms with E-state index in [4.69, 9.17) is 4.42 Å². The van der Waals surface area contributed by atoms with E-state index in [2.05, 4.69) is 27.5 Å². The van der Waals surface area contributed by atoms with Gasteiger partial charge in [0.1, 0.15) is 0 Å². The van der Waals surface area contributed by atoms with Gasteiger partial charge in [-0.3, -0.25) is 4.79 Å². The Labute approximate surface area is 114 Å². The second-order valence-electron chi connectivity index (χ2n) is 4.38. The van der Waals surface area contributed by atoms with Crippen molar-refractivity contribution in [2.24, 2.45) is 0 Å². The van der Waals surface area contributed by atoms with E-state index in [1.54, 1.807) is 6.07 Å². The molecule has 17 heavy (non-hydrogen) atoms. The number of carbonyl (C=O) groups is 1. The molecule has 1 N–H and O–H groups in total. The predicted molar refractivity (Wildman–Crippen MR) is 73.5 cm³/mol. The van der Waals surface area contributed by atoms with Crippen LogP contribution in [0, 0.1) is 0 Å². The second-order valence-corrected chi connectivity index (χ2v) is 6.38. The molecule has 1 aliphatic rings. The van der Waals surface area contributed by atoms with Crippen LogP contribution in [0.1, 0.15) is 36.0 Å². The molecule has 5 heteroatoms. The van der Waals surface area contributed by atoms with Crippen molar-refractivity contribution < 1.29 is 9.21 Å². The van der Waals surface area contributed by atoms with Crippen molar-refractivity contribution >= 4 is 33.6 Å². The van der Waals surface area contributed by atoms with Gasteiger partial charge in [0.2, 0.25) is 0 Å². The van der Waals surface area contributed by atoms with Crippen LogP contribution in [0.2, 0.25) is 0 Å². The third kappa shape index (κ3) is 2.88. The van der Waals surface area contributed by atoms with Crippen LogP contribution in [-0.4, -0.2) is 23.5 Å². The number of furan rings is 1. The summed E-state index contributed by atoms with van der Waals surface area (Å²) in [5, 5.41) is 3.01. The zero-order chi connectivity index (χ0) is 12.3. The number of thioether (sulfide) groups is 1. The summed E-state index contributed by atoms with van der Waals surface area (Å²) < 4.78 is 5.80. The molecule has 3 nitrogen and oxygen atoms in total. The summed E-state index contributed by atoms with van der Waals surface area (Å²) in [6.45, 7) is 0.741. The maximum Gasteiger partial charge on any atom is 0.255 e. The Morgan fingerprint density at radius 3 is 2.82 bits per heavy atom. The smallest absolute Gasteiger partial charge is 0.255 e. The average Bonchev–Trinajstić information content (AvgIpc) is 2.95. The lowest BCUT2D eigenvalue weighted by Crippen LogP contribution is -2.38. The van der Waals surface area contributed by atoms with Gasteiger partial charge in [0.25, 0.3) is 5.91 Å². The number of carbonyl (C=O) groups excluding carboxylic acids is 1. The Morgan fingerprint density at radius 1 is 1.59 bits per heavy atom. The fourth-order valence-corrected chi connectivity index (χ4v) is 3.60. The summed E-state index contributed by atoms with van der Waals surface area (Å²) in [5.41, 5.74) is 0.569. The first-order valence-corrected chi connectivity index (χ1v) is 7.75. The van der Waals surface area contributed by atoms with Gasteiger partial charge in [0.05, 0.1) is 11.8 Å². The van der Waals surface area contributed by atoms with Gasteiger partial charge in [0, 0.05) is 11.3 Å². The van der Waals surface area contributed by atoms with Crippen molar-refractivity contribution in [2.75, 3.05) is 12.8 Å². The molecule has 1 amide bonds. The predicted octanol–water partition coefficient (Wildman–Crippen LogP) is 3.45. The molecule has 2 rings (SSSR count). The maximum absolute atomic E-state index is 11.9. The van der Waals surface area contributed by atoms with E-state index in [1.807, 2.05) is 11.8 Å². The first-order valence-electron chi connectivity index (χ1n) is 5.73. The lowest BCUT2D eigenvalue weighted by atomic mass is 10.1. The van der Waals surface area contributed by atoms with Crippen molar-refractivity contribution in [1.29, 1.82) is 0 Å². The van der Waals surface area contributed by atoms with Gasteiger partial charge >= 0.3 is 0 Å². The number of halogens is 1. The maximum atomic E-state index is 11.9. The van der Waals surface area contributed by atoms with Crippen LogP contribution in [0.3, 0.4) is 0 Å². The minimum atomic E-state index is -0.0639. The number of amides is 1. The zero-order valence-corrected chi connectivity index (χ0v) is 12.2. The van der Waals surface area contributed by atoms with Gasteiger partial charge in [-0.15, -0.1) is 0 Å². The Morgan fingerprint density at radius 2 is 2.29 bits per heavy atom. The van der Waals surface area contributed by atoms with Crippen molar-refractivity contribution in [2.45, 2.75) is 30.4 Å². The molecule has 1 aliphatic carbocycles. The highest BCUT2D eigenvalue weighted by molar-refractivity contribution is 9.10. The molecule has 0 atom stereocenters. The van der Waals surface area contributed by atoms with Crippen LogP contribution in [0.5, 0.6) is 0 Å². The molecule has 0 saturated heterocycles. The van der Waals surface area contributed by atoms with Gasteiger partial charge in [-0.1, -0.05) is 12.8 Å². The van der Waals surface area contributed by atoms with Crippen molar-refractivity contribution in [3.63, 3.8) is 0 Å². The number of hydrogen-bond acceptors (Lipinski definition) is 3. The summed E-state index contributed by atoms with van der Waals surface area (Å²) in [6, 6.07) is 1.68. The van der Waals surface area contributed by atoms with Crippen molar-refractivity contribution in [3.05, 3.63) is 22.6 Å². The highest BCUT2D eigenvalue weighted by Crippen LogP contribution is 2.39. The molecule has 1 aromatic heterocycles. The van der Waals surface area contributed by atoms with E-state index < -0.39 is 0 Å². The summed E-state index contributed by atoms with van der Waals surface area (Å²) >= 11 is 5.09. The number of nitrogens with one attached hydrogen (secondary N) is 1. The van der Waals surface area contributed by atoms with Gasteiger partial charge < -0.3 is 9.73 Å². The Hall–Kier alpha value is -0.420. The zero-order valence-electron chi connectivity index (χ0n) is 9.79. The van der Waals surface area contributed by atoms with Gasteiger partial charge in [-0.05, 0) is 41.1 Å². The highest BCUT2D eigenvalue weighted by atomic mass is 79.9. The van der Waals surface area contributed by atoms with Crippen LogP contribution in [-0.2, 0) is 0 Å². The van der Waals surface area contributed by atoms with Crippen LogP contribution in [0.15, 0.2) is 21.4 Å². The monoisotopic (exact) mass is 317 g/mol.